The van der Waals surface area contributed by atoms with Gasteiger partial charge in [-0.2, -0.15) is 26.3 Å². The number of halogens is 7. The van der Waals surface area contributed by atoms with E-state index in [2.05, 4.69) is 63.0 Å². The van der Waals surface area contributed by atoms with Gasteiger partial charge in [0, 0.05) is 19.0 Å². The molecular weight excluding hydrogens is 814 g/mol. The zero-order valence-corrected chi connectivity index (χ0v) is 32.7. The second-order valence-corrected chi connectivity index (χ2v) is 15.1. The molecule has 0 radical (unpaired) electrons. The minimum absolute atomic E-state index is 0.0609. The number of hydrogen-bond acceptors (Lipinski definition) is 8. The van der Waals surface area contributed by atoms with Gasteiger partial charge < -0.3 is 30.6 Å². The van der Waals surface area contributed by atoms with Crippen molar-refractivity contribution in [2.24, 2.45) is 0 Å². The molecule has 3 fully saturated rings. The highest BCUT2D eigenvalue weighted by atomic mass is 79.9. The lowest BCUT2D eigenvalue weighted by atomic mass is 9.86. The van der Waals surface area contributed by atoms with Crippen LogP contribution >= 0.6 is 15.9 Å². The summed E-state index contributed by atoms with van der Waals surface area (Å²) in [6, 6.07) is 14.0. The Morgan fingerprint density at radius 3 is 1.66 bits per heavy atom. The third kappa shape index (κ3) is 12.1. The highest BCUT2D eigenvalue weighted by molar-refractivity contribution is 9.09. The maximum Gasteiger partial charge on any atom is 0.452 e. The Morgan fingerprint density at radius 1 is 0.768 bits per heavy atom. The molecule has 4 N–H and O–H groups in total. The summed E-state index contributed by atoms with van der Waals surface area (Å²) >= 11 is 2.87. The van der Waals surface area contributed by atoms with E-state index < -0.39 is 53.6 Å². The van der Waals surface area contributed by atoms with Gasteiger partial charge in [-0.25, -0.2) is 0 Å². The molecule has 1 aliphatic carbocycles. The van der Waals surface area contributed by atoms with Crippen LogP contribution in [0.3, 0.4) is 0 Å². The highest BCUT2D eigenvalue weighted by Crippen LogP contribution is 2.36. The number of ketones is 2. The van der Waals surface area contributed by atoms with E-state index in [1.807, 2.05) is 12.1 Å². The number of likely N-dealkylation sites (tertiary alicyclic amines) is 2. The molecule has 10 nitrogen and oxygen atoms in total. The van der Waals surface area contributed by atoms with Gasteiger partial charge in [-0.15, -0.1) is 0 Å². The number of nitrogens with zero attached hydrogens (tertiary/aromatic N) is 2. The van der Waals surface area contributed by atoms with E-state index in [4.69, 9.17) is 10.2 Å². The lowest BCUT2D eigenvalue weighted by Crippen LogP contribution is -2.48. The molecule has 0 saturated carbocycles. The number of aryl methyl sites for hydroxylation is 2. The number of fused-ring (bicyclic) bond motifs is 2. The van der Waals surface area contributed by atoms with Crippen molar-refractivity contribution in [2.45, 2.75) is 107 Å². The first-order valence-electron chi connectivity index (χ1n) is 18.8. The molecule has 0 spiro atoms. The number of aliphatic hydroxyl groups is 2. The van der Waals surface area contributed by atoms with Gasteiger partial charge >= 0.3 is 12.4 Å². The van der Waals surface area contributed by atoms with Gasteiger partial charge in [0.1, 0.15) is 0 Å². The minimum atomic E-state index is -4.92. The SMILES string of the molecule is CC(O)(O)C1CCCN1.O=C(CBr)N1CCCC1C(=O)C(F)(F)F.O=C(CNCCC1c2ccccc2CCc2ccccc21)N1CCCC1C(=O)C(F)(F)F. The number of hydrogen-bond donors (Lipinski definition) is 4. The Morgan fingerprint density at radius 2 is 1.25 bits per heavy atom. The molecule has 310 valence electrons. The third-order valence-electron chi connectivity index (χ3n) is 10.6. The molecule has 6 rings (SSSR count). The number of carbonyl (C=O) groups excluding carboxylic acids is 4. The molecule has 0 bridgehead atoms. The fraction of sp³-hybridized carbons (Fsp3) is 0.590. The lowest BCUT2D eigenvalue weighted by Gasteiger charge is -2.25. The fourth-order valence-electron chi connectivity index (χ4n) is 7.78. The number of nitrogens with one attached hydrogen (secondary N) is 2. The smallest absolute Gasteiger partial charge is 0.365 e. The Hall–Kier alpha value is -3.38. The Labute approximate surface area is 330 Å². The lowest BCUT2D eigenvalue weighted by molar-refractivity contribution is -0.176. The molecule has 2 aromatic rings. The molecule has 3 aliphatic heterocycles. The van der Waals surface area contributed by atoms with Crippen LogP contribution in [0.4, 0.5) is 26.3 Å². The summed E-state index contributed by atoms with van der Waals surface area (Å²) in [4.78, 5) is 48.4. The molecule has 2 amide bonds. The van der Waals surface area contributed by atoms with Crippen molar-refractivity contribution in [3.05, 3.63) is 70.8 Å². The van der Waals surface area contributed by atoms with Crippen LogP contribution in [0.25, 0.3) is 0 Å². The molecule has 3 heterocycles. The normalized spacial score (nSPS) is 21.2. The van der Waals surface area contributed by atoms with E-state index >= 15 is 0 Å². The van der Waals surface area contributed by atoms with Crippen LogP contribution in [0, 0.1) is 0 Å². The molecule has 17 heteroatoms. The zero-order chi connectivity index (χ0) is 41.3. The molecule has 3 unspecified atom stereocenters. The first kappa shape index (κ1) is 45.3. The fourth-order valence-corrected chi connectivity index (χ4v) is 8.10. The summed E-state index contributed by atoms with van der Waals surface area (Å²) in [6.45, 7) is 3.20. The first-order chi connectivity index (χ1) is 26.3. The van der Waals surface area contributed by atoms with Crippen LogP contribution in [0.1, 0.15) is 80.0 Å². The average Bonchev–Trinajstić information content (AvgIpc) is 3.95. The number of rotatable bonds is 9. The highest BCUT2D eigenvalue weighted by Gasteiger charge is 2.49. The van der Waals surface area contributed by atoms with Gasteiger partial charge in [-0.05, 0) is 100 Å². The van der Waals surface area contributed by atoms with Crippen LogP contribution in [-0.2, 0) is 32.0 Å². The van der Waals surface area contributed by atoms with Crippen LogP contribution in [0.15, 0.2) is 48.5 Å². The monoisotopic (exact) mass is 862 g/mol. The van der Waals surface area contributed by atoms with Gasteiger partial charge in [0.15, 0.2) is 5.79 Å². The van der Waals surface area contributed by atoms with Crippen molar-refractivity contribution in [3.63, 3.8) is 0 Å². The quantitative estimate of drug-likeness (QED) is 0.120. The molecule has 56 heavy (non-hydrogen) atoms. The zero-order valence-electron chi connectivity index (χ0n) is 31.1. The minimum Gasteiger partial charge on any atom is -0.365 e. The topological polar surface area (TPSA) is 139 Å². The van der Waals surface area contributed by atoms with E-state index in [0.717, 1.165) is 48.4 Å². The van der Waals surface area contributed by atoms with Crippen LogP contribution < -0.4 is 10.6 Å². The number of amides is 2. The van der Waals surface area contributed by atoms with Crippen LogP contribution in [0.2, 0.25) is 0 Å². The summed E-state index contributed by atoms with van der Waals surface area (Å²) < 4.78 is 74.9. The summed E-state index contributed by atoms with van der Waals surface area (Å²) in [5.41, 5.74) is 5.24. The van der Waals surface area contributed by atoms with Gasteiger partial charge in [0.05, 0.1) is 30.0 Å². The summed E-state index contributed by atoms with van der Waals surface area (Å²) in [5.74, 6) is -5.92. The maximum absolute atomic E-state index is 12.8. The third-order valence-corrected chi connectivity index (χ3v) is 11.0. The van der Waals surface area contributed by atoms with Crippen molar-refractivity contribution in [1.82, 2.24) is 20.4 Å². The van der Waals surface area contributed by atoms with E-state index in [9.17, 15) is 45.5 Å². The van der Waals surface area contributed by atoms with Crippen molar-refractivity contribution in [1.29, 1.82) is 0 Å². The van der Waals surface area contributed by atoms with E-state index in [-0.39, 0.29) is 49.8 Å². The van der Waals surface area contributed by atoms with Gasteiger partial charge in [-0.1, -0.05) is 64.5 Å². The molecule has 0 aromatic heterocycles. The molecular formula is C39H49BrF6N4O6. The van der Waals surface area contributed by atoms with E-state index in [0.29, 0.717) is 19.4 Å². The van der Waals surface area contributed by atoms with Crippen molar-refractivity contribution in [2.75, 3.05) is 38.1 Å². The number of Topliss-reactive ketones (excluding diaryl/α,β-unsaturated/α-hetero) is 2. The predicted molar refractivity (Wildman–Crippen MR) is 199 cm³/mol. The van der Waals surface area contributed by atoms with Crippen molar-refractivity contribution in [3.8, 4) is 0 Å². The largest absolute Gasteiger partial charge is 0.452 e. The maximum atomic E-state index is 12.8. The summed E-state index contributed by atoms with van der Waals surface area (Å²) in [5, 5.41) is 24.1. The second-order valence-electron chi connectivity index (χ2n) is 14.5. The number of alkyl halides is 7. The second kappa shape index (κ2) is 19.9. The average molecular weight is 864 g/mol. The van der Waals surface area contributed by atoms with E-state index in [1.54, 1.807) is 0 Å². The molecule has 3 atom stereocenters. The van der Waals surface area contributed by atoms with Gasteiger partial charge in [-0.3, -0.25) is 19.2 Å². The predicted octanol–water partition coefficient (Wildman–Crippen LogP) is 4.96. The molecule has 3 saturated heterocycles. The Bertz CT molecular complexity index is 1620. The van der Waals surface area contributed by atoms with Crippen molar-refractivity contribution < 1.29 is 55.7 Å². The van der Waals surface area contributed by atoms with Crippen LogP contribution in [-0.4, -0.2) is 118 Å². The Kier molecular flexibility index (Phi) is 16.1. The van der Waals surface area contributed by atoms with Crippen molar-refractivity contribution >= 4 is 39.3 Å². The van der Waals surface area contributed by atoms with Crippen LogP contribution in [0.5, 0.6) is 0 Å². The standard InChI is InChI=1S/C25H27F3N2O2.C8H9BrF3NO2.C6H13NO2/c26-25(27,28)24(32)22-10-5-15-30(22)23(31)16-29-14-13-21-19-8-3-1-6-17(19)11-12-18-7-2-4-9-20(18)21;9-4-6(14)13-3-1-2-5(13)7(15)8(10,11)12;1-6(8,9)5-3-2-4-7-5/h1-4,6-9,21-22,29H,5,10-16H2;5H,1-4H2;5,7-9H,2-4H2,1H3. The number of carbonyl (C=O) groups is 4. The molecule has 4 aliphatic rings. The van der Waals surface area contributed by atoms with Gasteiger partial charge in [0.25, 0.3) is 11.6 Å². The summed E-state index contributed by atoms with van der Waals surface area (Å²) in [7, 11) is 0. The van der Waals surface area contributed by atoms with Gasteiger partial charge in [0.2, 0.25) is 11.8 Å². The summed E-state index contributed by atoms with van der Waals surface area (Å²) in [6.07, 6.45) is -4.12. The first-order valence-corrected chi connectivity index (χ1v) is 19.9. The number of benzene rings is 2. The molecule has 2 aromatic carbocycles. The Balaban J connectivity index is 0.000000238. The van der Waals surface area contributed by atoms with E-state index in [1.165, 1.54) is 29.2 Å².